The van der Waals surface area contributed by atoms with Crippen molar-refractivity contribution in [1.82, 2.24) is 10.2 Å². The third kappa shape index (κ3) is 5.55. The minimum absolute atomic E-state index is 0.118. The van der Waals surface area contributed by atoms with E-state index in [2.05, 4.69) is 24.4 Å². The Morgan fingerprint density at radius 1 is 1.29 bits per heavy atom. The van der Waals surface area contributed by atoms with Gasteiger partial charge in [-0.05, 0) is 37.7 Å². The Hall–Kier alpha value is -2.04. The number of piperidine rings is 1. The number of hydrogen-bond acceptors (Lipinski definition) is 2. The number of amides is 2. The van der Waals surface area contributed by atoms with Crippen molar-refractivity contribution in [1.29, 1.82) is 0 Å². The zero-order valence-corrected chi connectivity index (χ0v) is 14.4. The van der Waals surface area contributed by atoms with Crippen molar-refractivity contribution in [2.45, 2.75) is 51.5 Å². The smallest absolute Gasteiger partial charge is 0.317 e. The number of carbonyl (C=O) groups is 2. The lowest BCUT2D eigenvalue weighted by molar-refractivity contribution is -0.143. The van der Waals surface area contributed by atoms with Gasteiger partial charge in [-0.3, -0.25) is 4.79 Å². The molecule has 0 radical (unpaired) electrons. The second-order valence-corrected chi connectivity index (χ2v) is 6.58. The van der Waals surface area contributed by atoms with E-state index in [0.29, 0.717) is 19.5 Å². The van der Waals surface area contributed by atoms with Gasteiger partial charge in [0.2, 0.25) is 0 Å². The largest absolute Gasteiger partial charge is 0.481 e. The van der Waals surface area contributed by atoms with Gasteiger partial charge in [-0.1, -0.05) is 43.7 Å². The zero-order chi connectivity index (χ0) is 17.4. The standard InChI is InChI=1S/C19H28N2O3/c1-2-7-17(12-11-15-8-4-3-5-9-15)20-19(24)21-13-6-10-16(14-21)18(22)23/h3-5,8-9,16-17H,2,6-7,10-14H2,1H3,(H,20,24)(H,22,23). The highest BCUT2D eigenvalue weighted by Crippen LogP contribution is 2.17. The van der Waals surface area contributed by atoms with Crippen LogP contribution in [-0.2, 0) is 11.2 Å². The molecule has 1 aliphatic heterocycles. The summed E-state index contributed by atoms with van der Waals surface area (Å²) in [6.07, 6.45) is 5.20. The zero-order valence-electron chi connectivity index (χ0n) is 14.4. The lowest BCUT2D eigenvalue weighted by Gasteiger charge is -2.32. The minimum atomic E-state index is -0.804. The number of nitrogens with zero attached hydrogens (tertiary/aromatic N) is 1. The summed E-state index contributed by atoms with van der Waals surface area (Å²) >= 11 is 0. The number of likely N-dealkylation sites (tertiary alicyclic amines) is 1. The molecule has 1 heterocycles. The van der Waals surface area contributed by atoms with Crippen molar-refractivity contribution < 1.29 is 14.7 Å². The minimum Gasteiger partial charge on any atom is -0.481 e. The maximum Gasteiger partial charge on any atom is 0.317 e. The molecular weight excluding hydrogens is 304 g/mol. The molecule has 5 nitrogen and oxygen atoms in total. The van der Waals surface area contributed by atoms with E-state index >= 15 is 0 Å². The van der Waals surface area contributed by atoms with Gasteiger partial charge in [-0.25, -0.2) is 4.79 Å². The van der Waals surface area contributed by atoms with Crippen LogP contribution in [0.4, 0.5) is 4.79 Å². The molecule has 0 aromatic heterocycles. The fraction of sp³-hybridized carbons (Fsp3) is 0.579. The molecule has 0 saturated carbocycles. The Labute approximate surface area is 144 Å². The molecule has 0 aliphatic carbocycles. The summed E-state index contributed by atoms with van der Waals surface area (Å²) in [7, 11) is 0. The van der Waals surface area contributed by atoms with Crippen molar-refractivity contribution in [2.24, 2.45) is 5.92 Å². The first kappa shape index (κ1) is 18.3. The molecule has 1 saturated heterocycles. The van der Waals surface area contributed by atoms with Crippen molar-refractivity contribution >= 4 is 12.0 Å². The monoisotopic (exact) mass is 332 g/mol. The van der Waals surface area contributed by atoms with Gasteiger partial charge in [0.25, 0.3) is 0 Å². The van der Waals surface area contributed by atoms with Gasteiger partial charge in [0.1, 0.15) is 0 Å². The average Bonchev–Trinajstić information content (AvgIpc) is 2.61. The molecule has 2 amide bonds. The van der Waals surface area contributed by atoms with E-state index in [4.69, 9.17) is 5.11 Å². The van der Waals surface area contributed by atoms with E-state index < -0.39 is 11.9 Å². The second kappa shape index (κ2) is 9.30. The van der Waals surface area contributed by atoms with Gasteiger partial charge in [-0.2, -0.15) is 0 Å². The first-order chi connectivity index (χ1) is 11.6. The lowest BCUT2D eigenvalue weighted by Crippen LogP contribution is -2.49. The van der Waals surface area contributed by atoms with Crippen LogP contribution in [0.25, 0.3) is 0 Å². The van der Waals surface area contributed by atoms with Crippen LogP contribution in [0.15, 0.2) is 30.3 Å². The predicted molar refractivity (Wildman–Crippen MR) is 93.9 cm³/mol. The molecule has 1 aromatic rings. The van der Waals surface area contributed by atoms with Crippen LogP contribution in [0.2, 0.25) is 0 Å². The van der Waals surface area contributed by atoms with E-state index in [1.165, 1.54) is 5.56 Å². The molecule has 1 fully saturated rings. The van der Waals surface area contributed by atoms with Crippen molar-refractivity contribution in [3.63, 3.8) is 0 Å². The third-order valence-electron chi connectivity index (χ3n) is 4.65. The number of carbonyl (C=O) groups excluding carboxylic acids is 1. The van der Waals surface area contributed by atoms with Crippen LogP contribution >= 0.6 is 0 Å². The predicted octanol–water partition coefficient (Wildman–Crippen LogP) is 3.29. The van der Waals surface area contributed by atoms with E-state index in [0.717, 1.165) is 32.1 Å². The maximum atomic E-state index is 12.5. The summed E-state index contributed by atoms with van der Waals surface area (Å²) in [6.45, 7) is 3.08. The Balaban J connectivity index is 1.86. The summed E-state index contributed by atoms with van der Waals surface area (Å²) < 4.78 is 0. The van der Waals surface area contributed by atoms with Crippen LogP contribution in [0.3, 0.4) is 0 Å². The summed E-state index contributed by atoms with van der Waals surface area (Å²) in [5.74, 6) is -1.24. The highest BCUT2D eigenvalue weighted by atomic mass is 16.4. The van der Waals surface area contributed by atoms with E-state index in [-0.39, 0.29) is 12.1 Å². The van der Waals surface area contributed by atoms with Crippen LogP contribution in [-0.4, -0.2) is 41.1 Å². The van der Waals surface area contributed by atoms with E-state index in [1.807, 2.05) is 18.2 Å². The summed E-state index contributed by atoms with van der Waals surface area (Å²) in [5.41, 5.74) is 1.27. The number of urea groups is 1. The van der Waals surface area contributed by atoms with Crippen LogP contribution in [0.1, 0.15) is 44.6 Å². The highest BCUT2D eigenvalue weighted by molar-refractivity contribution is 5.76. The van der Waals surface area contributed by atoms with E-state index in [1.54, 1.807) is 4.90 Å². The average molecular weight is 332 g/mol. The number of carboxylic acids is 1. The first-order valence-electron chi connectivity index (χ1n) is 8.92. The van der Waals surface area contributed by atoms with Crippen molar-refractivity contribution in [3.8, 4) is 0 Å². The third-order valence-corrected chi connectivity index (χ3v) is 4.65. The van der Waals surface area contributed by atoms with Gasteiger partial charge in [0, 0.05) is 19.1 Å². The molecule has 0 spiro atoms. The van der Waals surface area contributed by atoms with Gasteiger partial charge in [0.05, 0.1) is 5.92 Å². The topological polar surface area (TPSA) is 69.6 Å². The van der Waals surface area contributed by atoms with Crippen molar-refractivity contribution in [2.75, 3.05) is 13.1 Å². The SMILES string of the molecule is CCCC(CCc1ccccc1)NC(=O)N1CCCC(C(=O)O)C1. The molecule has 0 bridgehead atoms. The van der Waals surface area contributed by atoms with Crippen LogP contribution < -0.4 is 5.32 Å². The number of aryl methyl sites for hydroxylation is 1. The molecule has 5 heteroatoms. The van der Waals surface area contributed by atoms with Gasteiger partial charge >= 0.3 is 12.0 Å². The Bertz CT molecular complexity index is 533. The number of carboxylic acid groups (broad SMARTS) is 1. The molecule has 2 atom stereocenters. The Kier molecular flexibility index (Phi) is 7.09. The molecule has 2 unspecified atom stereocenters. The second-order valence-electron chi connectivity index (χ2n) is 6.58. The summed E-state index contributed by atoms with van der Waals surface area (Å²) in [5, 5.41) is 12.3. The molecule has 2 N–H and O–H groups in total. The first-order valence-corrected chi connectivity index (χ1v) is 8.92. The molecule has 1 aliphatic rings. The fourth-order valence-electron chi connectivity index (χ4n) is 3.25. The number of rotatable bonds is 7. The van der Waals surface area contributed by atoms with Crippen molar-refractivity contribution in [3.05, 3.63) is 35.9 Å². The molecule has 24 heavy (non-hydrogen) atoms. The Morgan fingerprint density at radius 2 is 2.04 bits per heavy atom. The van der Waals surface area contributed by atoms with Gasteiger partial charge in [0.15, 0.2) is 0 Å². The molecule has 132 valence electrons. The van der Waals surface area contributed by atoms with Gasteiger partial charge in [-0.15, -0.1) is 0 Å². The van der Waals surface area contributed by atoms with Gasteiger partial charge < -0.3 is 15.3 Å². The highest BCUT2D eigenvalue weighted by Gasteiger charge is 2.28. The lowest BCUT2D eigenvalue weighted by atomic mass is 9.98. The van der Waals surface area contributed by atoms with E-state index in [9.17, 15) is 9.59 Å². The molecule has 1 aromatic carbocycles. The number of benzene rings is 1. The molecular formula is C19H28N2O3. The number of nitrogens with one attached hydrogen (secondary N) is 1. The maximum absolute atomic E-state index is 12.5. The normalized spacial score (nSPS) is 18.9. The Morgan fingerprint density at radius 3 is 2.71 bits per heavy atom. The molecule has 2 rings (SSSR count). The summed E-state index contributed by atoms with van der Waals surface area (Å²) in [6, 6.07) is 10.3. The van der Waals surface area contributed by atoms with Crippen LogP contribution in [0.5, 0.6) is 0 Å². The number of aliphatic carboxylic acids is 1. The summed E-state index contributed by atoms with van der Waals surface area (Å²) in [4.78, 5) is 25.3. The number of hydrogen-bond donors (Lipinski definition) is 2. The van der Waals surface area contributed by atoms with Crippen LogP contribution in [0, 0.1) is 5.92 Å². The fourth-order valence-corrected chi connectivity index (χ4v) is 3.25. The quantitative estimate of drug-likeness (QED) is 0.805.